The van der Waals surface area contributed by atoms with Crippen LogP contribution in [0.3, 0.4) is 0 Å². The third-order valence-corrected chi connectivity index (χ3v) is 4.99. The van der Waals surface area contributed by atoms with Crippen molar-refractivity contribution in [2.45, 2.75) is 26.7 Å². The molecule has 2 amide bonds. The van der Waals surface area contributed by atoms with Gasteiger partial charge < -0.3 is 15.0 Å². The summed E-state index contributed by atoms with van der Waals surface area (Å²) in [6.45, 7) is 3.30. The normalized spacial score (nSPS) is 15.7. The SMILES string of the molecule is CCc1ccc(N2CC(C(=O)OCC(=O)c3ccc(NC(C)=O)cc3)CC2=O)cc1. The summed E-state index contributed by atoms with van der Waals surface area (Å²) in [6.07, 6.45) is 0.973. The van der Waals surface area contributed by atoms with Gasteiger partial charge in [-0.15, -0.1) is 0 Å². The molecule has 1 aliphatic rings. The number of nitrogens with zero attached hydrogens (tertiary/aromatic N) is 1. The molecule has 0 aromatic heterocycles. The summed E-state index contributed by atoms with van der Waals surface area (Å²) in [7, 11) is 0. The van der Waals surface area contributed by atoms with E-state index in [2.05, 4.69) is 12.2 Å². The first-order valence-corrected chi connectivity index (χ1v) is 9.84. The number of carbonyl (C=O) groups is 4. The molecule has 0 radical (unpaired) electrons. The van der Waals surface area contributed by atoms with Gasteiger partial charge in [0.15, 0.2) is 12.4 Å². The zero-order valence-electron chi connectivity index (χ0n) is 17.0. The number of carbonyl (C=O) groups excluding carboxylic acids is 4. The molecule has 1 saturated heterocycles. The van der Waals surface area contributed by atoms with Gasteiger partial charge in [0, 0.05) is 36.8 Å². The number of aryl methyl sites for hydroxylation is 1. The predicted molar refractivity (Wildman–Crippen MR) is 112 cm³/mol. The van der Waals surface area contributed by atoms with Gasteiger partial charge in [-0.1, -0.05) is 19.1 Å². The fourth-order valence-corrected chi connectivity index (χ4v) is 3.31. The van der Waals surface area contributed by atoms with Crippen LogP contribution in [0.15, 0.2) is 48.5 Å². The van der Waals surface area contributed by atoms with Gasteiger partial charge in [0.1, 0.15) is 0 Å². The van der Waals surface area contributed by atoms with Gasteiger partial charge >= 0.3 is 5.97 Å². The number of hydrogen-bond donors (Lipinski definition) is 1. The van der Waals surface area contributed by atoms with Crippen molar-refractivity contribution in [2.24, 2.45) is 5.92 Å². The number of nitrogens with one attached hydrogen (secondary N) is 1. The average molecular weight is 408 g/mol. The lowest BCUT2D eigenvalue weighted by atomic mass is 10.1. The van der Waals surface area contributed by atoms with Crippen LogP contribution in [0, 0.1) is 5.92 Å². The number of ketones is 1. The van der Waals surface area contributed by atoms with E-state index in [0.29, 0.717) is 11.3 Å². The van der Waals surface area contributed by atoms with E-state index in [1.165, 1.54) is 12.5 Å². The molecule has 1 unspecified atom stereocenters. The number of benzene rings is 2. The van der Waals surface area contributed by atoms with Crippen LogP contribution in [0.4, 0.5) is 11.4 Å². The molecule has 3 rings (SSSR count). The summed E-state index contributed by atoms with van der Waals surface area (Å²) >= 11 is 0. The van der Waals surface area contributed by atoms with Crippen molar-refractivity contribution in [1.29, 1.82) is 0 Å². The van der Waals surface area contributed by atoms with E-state index in [9.17, 15) is 19.2 Å². The van der Waals surface area contributed by atoms with E-state index in [1.54, 1.807) is 29.2 Å². The highest BCUT2D eigenvalue weighted by Gasteiger charge is 2.36. The zero-order valence-corrected chi connectivity index (χ0v) is 17.0. The molecule has 1 fully saturated rings. The fourth-order valence-electron chi connectivity index (χ4n) is 3.31. The Morgan fingerprint density at radius 2 is 1.73 bits per heavy atom. The van der Waals surface area contributed by atoms with Gasteiger partial charge in [0.05, 0.1) is 5.92 Å². The van der Waals surface area contributed by atoms with Crippen molar-refractivity contribution in [3.05, 3.63) is 59.7 Å². The molecule has 0 saturated carbocycles. The monoisotopic (exact) mass is 408 g/mol. The molecule has 1 atom stereocenters. The smallest absolute Gasteiger partial charge is 0.311 e. The summed E-state index contributed by atoms with van der Waals surface area (Å²) in [5, 5.41) is 2.61. The van der Waals surface area contributed by atoms with Crippen LogP contribution in [0.5, 0.6) is 0 Å². The molecule has 1 heterocycles. The maximum absolute atomic E-state index is 12.4. The minimum absolute atomic E-state index is 0.0635. The van der Waals surface area contributed by atoms with Crippen LogP contribution in [-0.4, -0.2) is 36.7 Å². The Kier molecular flexibility index (Phi) is 6.61. The Bertz CT molecular complexity index is 951. The molecular weight excluding hydrogens is 384 g/mol. The number of amides is 2. The fraction of sp³-hybridized carbons (Fsp3) is 0.304. The lowest BCUT2D eigenvalue weighted by Gasteiger charge is -2.17. The van der Waals surface area contributed by atoms with Crippen LogP contribution < -0.4 is 10.2 Å². The van der Waals surface area contributed by atoms with Crippen LogP contribution in [0.1, 0.15) is 36.2 Å². The Hall–Kier alpha value is -3.48. The summed E-state index contributed by atoms with van der Waals surface area (Å²) in [4.78, 5) is 49.6. The van der Waals surface area contributed by atoms with E-state index in [1.807, 2.05) is 24.3 Å². The van der Waals surface area contributed by atoms with E-state index in [4.69, 9.17) is 4.74 Å². The first kappa shape index (κ1) is 21.2. The van der Waals surface area contributed by atoms with Crippen molar-refractivity contribution in [2.75, 3.05) is 23.4 Å². The number of rotatable bonds is 7. The number of hydrogen-bond acceptors (Lipinski definition) is 5. The van der Waals surface area contributed by atoms with E-state index in [0.717, 1.165) is 12.1 Å². The van der Waals surface area contributed by atoms with Gasteiger partial charge in [-0.05, 0) is 48.4 Å². The van der Waals surface area contributed by atoms with Crippen molar-refractivity contribution >= 4 is 34.9 Å². The lowest BCUT2D eigenvalue weighted by molar-refractivity contribution is -0.147. The average Bonchev–Trinajstić information content (AvgIpc) is 3.13. The summed E-state index contributed by atoms with van der Waals surface area (Å²) in [5.41, 5.74) is 2.87. The third kappa shape index (κ3) is 5.11. The minimum atomic E-state index is -0.599. The molecule has 156 valence electrons. The van der Waals surface area contributed by atoms with Crippen molar-refractivity contribution in [1.82, 2.24) is 0 Å². The summed E-state index contributed by atoms with van der Waals surface area (Å²) in [6, 6.07) is 14.0. The van der Waals surface area contributed by atoms with Crippen LogP contribution >= 0.6 is 0 Å². The second-order valence-corrected chi connectivity index (χ2v) is 7.21. The molecule has 7 heteroatoms. The Balaban J connectivity index is 1.54. The minimum Gasteiger partial charge on any atom is -0.457 e. The molecule has 1 N–H and O–H groups in total. The first-order chi connectivity index (χ1) is 14.4. The highest BCUT2D eigenvalue weighted by molar-refractivity contribution is 6.01. The van der Waals surface area contributed by atoms with Crippen molar-refractivity contribution in [3.8, 4) is 0 Å². The predicted octanol–water partition coefficient (Wildman–Crippen LogP) is 2.99. The first-order valence-electron chi connectivity index (χ1n) is 9.84. The highest BCUT2D eigenvalue weighted by Crippen LogP contribution is 2.26. The maximum atomic E-state index is 12.4. The standard InChI is InChI=1S/C23H24N2O5/c1-3-16-4-10-20(11-5-16)25-13-18(12-22(25)28)23(29)30-14-21(27)17-6-8-19(9-7-17)24-15(2)26/h4-11,18H,3,12-14H2,1-2H3,(H,24,26). The molecule has 7 nitrogen and oxygen atoms in total. The van der Waals surface area contributed by atoms with Crippen LogP contribution in [-0.2, 0) is 25.5 Å². The summed E-state index contributed by atoms with van der Waals surface area (Å²) < 4.78 is 5.17. The van der Waals surface area contributed by atoms with E-state index < -0.39 is 18.5 Å². The van der Waals surface area contributed by atoms with Crippen molar-refractivity contribution in [3.63, 3.8) is 0 Å². The molecule has 0 spiro atoms. The third-order valence-electron chi connectivity index (χ3n) is 4.99. The highest BCUT2D eigenvalue weighted by atomic mass is 16.5. The van der Waals surface area contributed by atoms with Crippen LogP contribution in [0.2, 0.25) is 0 Å². The van der Waals surface area contributed by atoms with Crippen molar-refractivity contribution < 1.29 is 23.9 Å². The van der Waals surface area contributed by atoms with Gasteiger partial charge in [-0.25, -0.2) is 0 Å². The quantitative estimate of drug-likeness (QED) is 0.562. The van der Waals surface area contributed by atoms with E-state index >= 15 is 0 Å². The second-order valence-electron chi connectivity index (χ2n) is 7.21. The van der Waals surface area contributed by atoms with E-state index in [-0.39, 0.29) is 30.6 Å². The largest absolute Gasteiger partial charge is 0.457 e. The van der Waals surface area contributed by atoms with Gasteiger partial charge in [-0.3, -0.25) is 19.2 Å². The molecular formula is C23H24N2O5. The molecule has 1 aliphatic heterocycles. The Morgan fingerprint density at radius 3 is 2.33 bits per heavy atom. The van der Waals surface area contributed by atoms with Gasteiger partial charge in [0.2, 0.25) is 11.8 Å². The number of Topliss-reactive ketones (excluding diaryl/α,β-unsaturated/α-hetero) is 1. The molecule has 30 heavy (non-hydrogen) atoms. The zero-order chi connectivity index (χ0) is 21.7. The number of anilines is 2. The van der Waals surface area contributed by atoms with Gasteiger partial charge in [-0.2, -0.15) is 0 Å². The molecule has 0 aliphatic carbocycles. The molecule has 2 aromatic rings. The number of ether oxygens (including phenoxy) is 1. The number of esters is 1. The molecule has 0 bridgehead atoms. The topological polar surface area (TPSA) is 92.8 Å². The maximum Gasteiger partial charge on any atom is 0.311 e. The van der Waals surface area contributed by atoms with Crippen LogP contribution in [0.25, 0.3) is 0 Å². The Labute approximate surface area is 175 Å². The Morgan fingerprint density at radius 1 is 1.07 bits per heavy atom. The summed E-state index contributed by atoms with van der Waals surface area (Å²) in [5.74, 6) is -1.85. The van der Waals surface area contributed by atoms with Gasteiger partial charge in [0.25, 0.3) is 0 Å². The molecule has 2 aromatic carbocycles. The lowest BCUT2D eigenvalue weighted by Crippen LogP contribution is -2.27. The second kappa shape index (κ2) is 9.35.